The highest BCUT2D eigenvalue weighted by Gasteiger charge is 2.24. The van der Waals surface area contributed by atoms with E-state index in [0.717, 1.165) is 55.6 Å². The number of rotatable bonds is 21. The lowest BCUT2D eigenvalue weighted by molar-refractivity contribution is -0.142. The number of benzene rings is 4. The number of nitrogens with one attached hydrogen (secondary N) is 1. The molecular formula is C50H51Cl2N5O8. The van der Waals surface area contributed by atoms with Gasteiger partial charge in [-0.05, 0) is 78.4 Å². The van der Waals surface area contributed by atoms with Gasteiger partial charge < -0.3 is 34.3 Å². The number of aliphatic hydroxyl groups is 2. The van der Waals surface area contributed by atoms with Gasteiger partial charge in [0.05, 0.1) is 22.8 Å². The molecule has 2 atom stereocenters. The zero-order valence-corrected chi connectivity index (χ0v) is 38.2. The van der Waals surface area contributed by atoms with Gasteiger partial charge in [-0.2, -0.15) is 0 Å². The van der Waals surface area contributed by atoms with E-state index in [1.54, 1.807) is 75.6 Å². The Labute approximate surface area is 388 Å². The van der Waals surface area contributed by atoms with Crippen LogP contribution >= 0.6 is 23.2 Å². The Kier molecular flexibility index (Phi) is 17.0. The summed E-state index contributed by atoms with van der Waals surface area (Å²) < 4.78 is 25.1. The van der Waals surface area contributed by atoms with Crippen LogP contribution in [-0.4, -0.2) is 69.9 Å². The molecule has 0 spiro atoms. The number of aromatic nitrogens is 2. The molecule has 2 heterocycles. The predicted octanol–water partition coefficient (Wildman–Crippen LogP) is 8.90. The van der Waals surface area contributed by atoms with E-state index in [2.05, 4.69) is 37.4 Å². The molecule has 0 saturated carbocycles. The summed E-state index contributed by atoms with van der Waals surface area (Å²) in [5, 5.41) is 33.3. The van der Waals surface area contributed by atoms with Crippen molar-refractivity contribution < 1.29 is 39.1 Å². The minimum atomic E-state index is -1.21. The predicted molar refractivity (Wildman–Crippen MR) is 253 cm³/mol. The Morgan fingerprint density at radius 3 is 1.58 bits per heavy atom. The molecule has 338 valence electrons. The van der Waals surface area contributed by atoms with Gasteiger partial charge in [-0.15, -0.1) is 0 Å². The van der Waals surface area contributed by atoms with Crippen LogP contribution < -0.4 is 24.3 Å². The first-order valence-corrected chi connectivity index (χ1v) is 21.4. The Morgan fingerprint density at radius 2 is 1.14 bits per heavy atom. The van der Waals surface area contributed by atoms with Crippen molar-refractivity contribution in [3.05, 3.63) is 163 Å². The fourth-order valence-corrected chi connectivity index (χ4v) is 7.58. The molecule has 65 heavy (non-hydrogen) atoms. The number of carboxylic acid groups (broad SMARTS) is 1. The van der Waals surface area contributed by atoms with Crippen LogP contribution in [0.25, 0.3) is 11.1 Å². The molecule has 6 aromatic rings. The Hall–Kier alpha value is -6.35. The van der Waals surface area contributed by atoms with Crippen LogP contribution in [0.15, 0.2) is 108 Å². The van der Waals surface area contributed by atoms with E-state index < -0.39 is 18.1 Å². The van der Waals surface area contributed by atoms with Gasteiger partial charge in [0.2, 0.25) is 0 Å². The molecular weight excluding hydrogens is 869 g/mol. The summed E-state index contributed by atoms with van der Waals surface area (Å²) in [6, 6.07) is 21.4. The number of hydrogen-bond donors (Lipinski definition) is 4. The number of hydrogen-bond acceptors (Lipinski definition) is 12. The van der Waals surface area contributed by atoms with Crippen molar-refractivity contribution in [2.45, 2.75) is 72.5 Å². The summed E-state index contributed by atoms with van der Waals surface area (Å²) >= 11 is 13.5. The van der Waals surface area contributed by atoms with Crippen molar-refractivity contribution in [1.82, 2.24) is 15.3 Å². The van der Waals surface area contributed by atoms with Gasteiger partial charge in [0, 0.05) is 103 Å². The van der Waals surface area contributed by atoms with Gasteiger partial charge in [0.15, 0.2) is 0 Å². The van der Waals surface area contributed by atoms with Crippen LogP contribution in [-0.2, 0) is 44.4 Å². The fourth-order valence-electron chi connectivity index (χ4n) is 7.10. The van der Waals surface area contributed by atoms with Gasteiger partial charge in [-0.25, -0.2) is 0 Å². The van der Waals surface area contributed by atoms with E-state index in [-0.39, 0.29) is 39.6 Å². The molecule has 0 fully saturated rings. The number of aliphatic imine (C=N–C) groups is 2. The minimum Gasteiger partial charge on any atom is -0.488 e. The topological polar surface area (TPSA) is 177 Å². The lowest BCUT2D eigenvalue weighted by Gasteiger charge is -2.20. The molecule has 15 heteroatoms. The number of aliphatic carboxylic acids is 1. The zero-order valence-electron chi connectivity index (χ0n) is 36.7. The molecule has 0 aliphatic heterocycles. The van der Waals surface area contributed by atoms with Gasteiger partial charge in [0.1, 0.15) is 55.5 Å². The molecule has 4 N–H and O–H groups in total. The van der Waals surface area contributed by atoms with E-state index in [0.29, 0.717) is 44.2 Å². The summed E-state index contributed by atoms with van der Waals surface area (Å²) in [5.74, 6) is 0.457. The van der Waals surface area contributed by atoms with Crippen molar-refractivity contribution in [1.29, 1.82) is 0 Å². The third-order valence-electron chi connectivity index (χ3n) is 10.6. The molecule has 0 aliphatic rings. The second-order valence-electron chi connectivity index (χ2n) is 15.2. The molecule has 4 aromatic carbocycles. The number of carboxylic acids is 1. The fraction of sp³-hybridized carbons (Fsp3) is 0.260. The molecule has 0 saturated heterocycles. The van der Waals surface area contributed by atoms with Gasteiger partial charge in [-0.3, -0.25) is 30.1 Å². The first kappa shape index (κ1) is 48.1. The molecule has 0 bridgehead atoms. The smallest absolute Gasteiger partial charge is 0.323 e. The molecule has 0 aliphatic carbocycles. The molecule has 0 amide bonds. The van der Waals surface area contributed by atoms with E-state index in [4.69, 9.17) is 42.1 Å². The lowest BCUT2D eigenvalue weighted by atomic mass is 9.92. The normalized spacial score (nSPS) is 12.4. The first-order valence-electron chi connectivity index (χ1n) is 20.7. The van der Waals surface area contributed by atoms with Crippen molar-refractivity contribution >= 4 is 41.6 Å². The summed E-state index contributed by atoms with van der Waals surface area (Å²) in [7, 11) is 3.38. The number of carbonyl (C=O) groups is 1. The molecule has 0 radical (unpaired) electrons. The lowest BCUT2D eigenvalue weighted by Crippen LogP contribution is -2.44. The maximum absolute atomic E-state index is 11.8. The van der Waals surface area contributed by atoms with Gasteiger partial charge in [-0.1, -0.05) is 59.6 Å². The van der Waals surface area contributed by atoms with Crippen LogP contribution in [0.3, 0.4) is 0 Å². The zero-order chi connectivity index (χ0) is 46.5. The SMILES string of the molecule is C/N=C\c1cncc(COc2cc(OCc3cccc(-c4cccc(COc5cc(OCc6cncc(/C=N/C)c6)c(CO)cc5Cl)c4C)c3C)c(Cl)cc2CNC(C(=O)O)C(C)O)c1. The van der Waals surface area contributed by atoms with Crippen LogP contribution in [0, 0.1) is 13.8 Å². The number of pyridine rings is 2. The highest BCUT2D eigenvalue weighted by atomic mass is 35.5. The largest absolute Gasteiger partial charge is 0.488 e. The summed E-state index contributed by atoms with van der Waals surface area (Å²) in [6.07, 6.45) is 9.08. The number of nitrogens with zero attached hydrogens (tertiary/aromatic N) is 4. The van der Waals surface area contributed by atoms with Gasteiger partial charge >= 0.3 is 5.97 Å². The molecule has 2 unspecified atom stereocenters. The second kappa shape index (κ2) is 23.0. The number of halogens is 2. The number of ether oxygens (including phenoxy) is 4. The minimum absolute atomic E-state index is 0.0462. The molecule has 6 rings (SSSR count). The Morgan fingerprint density at radius 1 is 0.677 bits per heavy atom. The standard InChI is InChI=1S/C50H51Cl2N5O8/c1-30-37(28-64-47-16-45(62-26-35-12-33(18-53-4)20-55-22-35)39(14-43(47)51)24-57-49(32(3)59)50(60)61)8-6-10-41(30)42-11-7-9-38(31(42)2)29-65-48-17-46(40(25-58)15-44(48)52)63-27-36-13-34(19-54-5)21-56-23-36/h6-23,32,49,57-59H,24-29H2,1-5H3,(H,60,61)/b53-18-,54-19+. The summed E-state index contributed by atoms with van der Waals surface area (Å²) in [4.78, 5) is 28.5. The van der Waals surface area contributed by atoms with Crippen molar-refractivity contribution in [2.75, 3.05) is 14.1 Å². The third-order valence-corrected chi connectivity index (χ3v) is 11.2. The Bertz CT molecular complexity index is 2670. The Balaban J connectivity index is 1.19. The van der Waals surface area contributed by atoms with Crippen LogP contribution in [0.1, 0.15) is 62.6 Å². The molecule has 2 aromatic heterocycles. The third kappa shape index (κ3) is 12.7. The van der Waals surface area contributed by atoms with Crippen LogP contribution in [0.4, 0.5) is 0 Å². The van der Waals surface area contributed by atoms with Gasteiger partial charge in [0.25, 0.3) is 0 Å². The maximum Gasteiger partial charge on any atom is 0.323 e. The maximum atomic E-state index is 11.8. The highest BCUT2D eigenvalue weighted by molar-refractivity contribution is 6.32. The van der Waals surface area contributed by atoms with Crippen LogP contribution in [0.5, 0.6) is 23.0 Å². The van der Waals surface area contributed by atoms with E-state index in [1.165, 1.54) is 6.92 Å². The van der Waals surface area contributed by atoms with Crippen molar-refractivity contribution in [3.63, 3.8) is 0 Å². The number of aliphatic hydroxyl groups excluding tert-OH is 2. The van der Waals surface area contributed by atoms with E-state index >= 15 is 0 Å². The van der Waals surface area contributed by atoms with E-state index in [9.17, 15) is 20.1 Å². The monoisotopic (exact) mass is 919 g/mol. The average molecular weight is 921 g/mol. The molecule has 13 nitrogen and oxygen atoms in total. The highest BCUT2D eigenvalue weighted by Crippen LogP contribution is 2.37. The first-order chi connectivity index (χ1) is 31.4. The average Bonchev–Trinajstić information content (AvgIpc) is 3.28. The summed E-state index contributed by atoms with van der Waals surface area (Å²) in [5.41, 5.74) is 10.3. The van der Waals surface area contributed by atoms with E-state index in [1.807, 2.05) is 50.2 Å². The van der Waals surface area contributed by atoms with Crippen molar-refractivity contribution in [2.24, 2.45) is 9.98 Å². The quantitative estimate of drug-likeness (QED) is 0.0507. The second-order valence-corrected chi connectivity index (χ2v) is 16.1. The summed E-state index contributed by atoms with van der Waals surface area (Å²) in [6.45, 7) is 6.06. The van der Waals surface area contributed by atoms with Crippen LogP contribution in [0.2, 0.25) is 10.0 Å². The van der Waals surface area contributed by atoms with Crippen molar-refractivity contribution in [3.8, 4) is 34.1 Å².